The smallest absolute Gasteiger partial charge is 0.257 e. The largest absolute Gasteiger partial charge is 0.496 e. The minimum absolute atomic E-state index is 0. The molecule has 2 unspecified atom stereocenters. The second-order valence-corrected chi connectivity index (χ2v) is 5.22. The third-order valence-electron chi connectivity index (χ3n) is 3.85. The highest BCUT2D eigenvalue weighted by molar-refractivity contribution is 5.97. The number of likely N-dealkylation sites (tertiary alicyclic amines) is 1. The number of halogens is 1. The first kappa shape index (κ1) is 16.8. The van der Waals surface area contributed by atoms with Gasteiger partial charge in [-0.25, -0.2) is 0 Å². The maximum Gasteiger partial charge on any atom is 0.257 e. The Bertz CT molecular complexity index is 453. The van der Waals surface area contributed by atoms with Gasteiger partial charge in [0.1, 0.15) is 5.75 Å². The van der Waals surface area contributed by atoms with Gasteiger partial charge in [0, 0.05) is 19.1 Å². The van der Waals surface area contributed by atoms with Gasteiger partial charge in [0.2, 0.25) is 0 Å². The normalized spacial score (nSPS) is 22.1. The van der Waals surface area contributed by atoms with E-state index in [-0.39, 0.29) is 24.4 Å². The Balaban J connectivity index is 0.00000200. The molecule has 1 fully saturated rings. The number of hydrogen-bond acceptors (Lipinski definition) is 3. The SMILES string of the molecule is COc1ccccc1C(=O)N1CCC(C)CC1CN.Cl. The molecule has 4 nitrogen and oxygen atoms in total. The van der Waals surface area contributed by atoms with E-state index in [1.54, 1.807) is 7.11 Å². The van der Waals surface area contributed by atoms with Crippen molar-refractivity contribution in [2.75, 3.05) is 20.2 Å². The van der Waals surface area contributed by atoms with Crippen molar-refractivity contribution in [3.05, 3.63) is 29.8 Å². The summed E-state index contributed by atoms with van der Waals surface area (Å²) in [4.78, 5) is 14.5. The maximum absolute atomic E-state index is 12.6. The van der Waals surface area contributed by atoms with E-state index in [0.717, 1.165) is 19.4 Å². The van der Waals surface area contributed by atoms with E-state index in [9.17, 15) is 4.79 Å². The van der Waals surface area contributed by atoms with Crippen LogP contribution in [0.2, 0.25) is 0 Å². The highest BCUT2D eigenvalue weighted by Gasteiger charge is 2.30. The van der Waals surface area contributed by atoms with E-state index in [1.807, 2.05) is 29.2 Å². The monoisotopic (exact) mass is 298 g/mol. The van der Waals surface area contributed by atoms with Gasteiger partial charge in [-0.05, 0) is 30.9 Å². The predicted octanol–water partition coefficient (Wildman–Crippen LogP) is 2.32. The molecule has 2 rings (SSSR count). The number of nitrogens with zero attached hydrogens (tertiary/aromatic N) is 1. The molecule has 0 aromatic heterocycles. The fourth-order valence-electron chi connectivity index (χ4n) is 2.72. The lowest BCUT2D eigenvalue weighted by Gasteiger charge is -2.38. The van der Waals surface area contributed by atoms with Crippen LogP contribution in [0.1, 0.15) is 30.1 Å². The maximum atomic E-state index is 12.6. The Morgan fingerprint density at radius 1 is 1.45 bits per heavy atom. The van der Waals surface area contributed by atoms with Gasteiger partial charge in [0.15, 0.2) is 0 Å². The number of ether oxygens (including phenoxy) is 1. The lowest BCUT2D eigenvalue weighted by atomic mass is 9.92. The molecule has 1 aromatic rings. The number of para-hydroxylation sites is 1. The Morgan fingerprint density at radius 3 is 2.80 bits per heavy atom. The highest BCUT2D eigenvalue weighted by atomic mass is 35.5. The van der Waals surface area contributed by atoms with Crippen LogP contribution in [0.5, 0.6) is 5.75 Å². The first-order valence-corrected chi connectivity index (χ1v) is 6.81. The Kier molecular flexibility index (Phi) is 6.30. The van der Waals surface area contributed by atoms with Crippen LogP contribution >= 0.6 is 12.4 Å². The van der Waals surface area contributed by atoms with Crippen molar-refractivity contribution >= 4 is 18.3 Å². The minimum Gasteiger partial charge on any atom is -0.496 e. The highest BCUT2D eigenvalue weighted by Crippen LogP contribution is 2.26. The second kappa shape index (κ2) is 7.50. The molecule has 0 bridgehead atoms. The van der Waals surface area contributed by atoms with Crippen LogP contribution in [-0.2, 0) is 0 Å². The molecule has 1 aliphatic heterocycles. The predicted molar refractivity (Wildman–Crippen MR) is 82.5 cm³/mol. The molecule has 1 aromatic carbocycles. The van der Waals surface area contributed by atoms with Gasteiger partial charge >= 0.3 is 0 Å². The lowest BCUT2D eigenvalue weighted by Crippen LogP contribution is -2.49. The van der Waals surface area contributed by atoms with Gasteiger partial charge < -0.3 is 15.4 Å². The molecule has 20 heavy (non-hydrogen) atoms. The van der Waals surface area contributed by atoms with Crippen molar-refractivity contribution in [1.29, 1.82) is 0 Å². The Hall–Kier alpha value is -1.26. The fraction of sp³-hybridized carbons (Fsp3) is 0.533. The van der Waals surface area contributed by atoms with Crippen LogP contribution in [0.25, 0.3) is 0 Å². The second-order valence-electron chi connectivity index (χ2n) is 5.22. The molecule has 0 saturated carbocycles. The van der Waals surface area contributed by atoms with E-state index in [1.165, 1.54) is 0 Å². The fourth-order valence-corrected chi connectivity index (χ4v) is 2.72. The lowest BCUT2D eigenvalue weighted by molar-refractivity contribution is 0.0570. The average Bonchev–Trinajstić information content (AvgIpc) is 2.46. The quantitative estimate of drug-likeness (QED) is 0.932. The Morgan fingerprint density at radius 2 is 2.15 bits per heavy atom. The van der Waals surface area contributed by atoms with Crippen LogP contribution in [0.15, 0.2) is 24.3 Å². The topological polar surface area (TPSA) is 55.6 Å². The van der Waals surface area contributed by atoms with Crippen molar-refractivity contribution < 1.29 is 9.53 Å². The third kappa shape index (κ3) is 3.44. The molecular formula is C15H23ClN2O2. The van der Waals surface area contributed by atoms with Crippen LogP contribution in [-0.4, -0.2) is 37.0 Å². The summed E-state index contributed by atoms with van der Waals surface area (Å²) >= 11 is 0. The summed E-state index contributed by atoms with van der Waals surface area (Å²) in [7, 11) is 1.59. The van der Waals surface area contributed by atoms with E-state index in [0.29, 0.717) is 23.8 Å². The van der Waals surface area contributed by atoms with E-state index in [2.05, 4.69) is 6.92 Å². The summed E-state index contributed by atoms with van der Waals surface area (Å²) in [5.74, 6) is 1.29. The molecule has 5 heteroatoms. The van der Waals surface area contributed by atoms with Crippen molar-refractivity contribution in [1.82, 2.24) is 4.90 Å². The number of methoxy groups -OCH3 is 1. The molecule has 1 heterocycles. The number of hydrogen-bond donors (Lipinski definition) is 1. The molecule has 1 amide bonds. The van der Waals surface area contributed by atoms with Gasteiger partial charge in [-0.15, -0.1) is 12.4 Å². The molecule has 1 saturated heterocycles. The van der Waals surface area contributed by atoms with Gasteiger partial charge in [0.05, 0.1) is 12.7 Å². The zero-order chi connectivity index (χ0) is 13.8. The average molecular weight is 299 g/mol. The zero-order valence-corrected chi connectivity index (χ0v) is 12.9. The number of nitrogens with two attached hydrogens (primary N) is 1. The van der Waals surface area contributed by atoms with Crippen LogP contribution in [0, 0.1) is 5.92 Å². The summed E-state index contributed by atoms with van der Waals surface area (Å²) in [6.07, 6.45) is 2.02. The number of carbonyl (C=O) groups excluding carboxylic acids is 1. The van der Waals surface area contributed by atoms with Gasteiger partial charge in [-0.1, -0.05) is 19.1 Å². The van der Waals surface area contributed by atoms with Crippen LogP contribution in [0.4, 0.5) is 0 Å². The first-order chi connectivity index (χ1) is 9.17. The number of amides is 1. The molecule has 0 spiro atoms. The van der Waals surface area contributed by atoms with E-state index in [4.69, 9.17) is 10.5 Å². The first-order valence-electron chi connectivity index (χ1n) is 6.81. The zero-order valence-electron chi connectivity index (χ0n) is 12.0. The molecule has 0 aliphatic carbocycles. The molecule has 2 N–H and O–H groups in total. The molecule has 1 aliphatic rings. The van der Waals surface area contributed by atoms with Gasteiger partial charge in [-0.2, -0.15) is 0 Å². The van der Waals surface area contributed by atoms with Crippen molar-refractivity contribution in [2.24, 2.45) is 11.7 Å². The van der Waals surface area contributed by atoms with E-state index < -0.39 is 0 Å². The van der Waals surface area contributed by atoms with Crippen molar-refractivity contribution in [3.63, 3.8) is 0 Å². The molecule has 2 atom stereocenters. The molecular weight excluding hydrogens is 276 g/mol. The summed E-state index contributed by atoms with van der Waals surface area (Å²) in [5, 5.41) is 0. The number of piperidine rings is 1. The summed E-state index contributed by atoms with van der Waals surface area (Å²) in [6, 6.07) is 7.50. The van der Waals surface area contributed by atoms with Gasteiger partial charge in [0.25, 0.3) is 5.91 Å². The standard InChI is InChI=1S/C15H22N2O2.ClH/c1-11-7-8-17(12(9-11)10-16)15(18)13-5-3-4-6-14(13)19-2;/h3-6,11-12H,7-10,16H2,1-2H3;1H. The van der Waals surface area contributed by atoms with Crippen LogP contribution in [0.3, 0.4) is 0 Å². The summed E-state index contributed by atoms with van der Waals surface area (Å²) in [6.45, 7) is 3.51. The number of rotatable bonds is 3. The third-order valence-corrected chi connectivity index (χ3v) is 3.85. The van der Waals surface area contributed by atoms with E-state index >= 15 is 0 Å². The van der Waals surface area contributed by atoms with Crippen molar-refractivity contribution in [3.8, 4) is 5.75 Å². The number of carbonyl (C=O) groups is 1. The summed E-state index contributed by atoms with van der Waals surface area (Å²) < 4.78 is 5.27. The summed E-state index contributed by atoms with van der Waals surface area (Å²) in [5.41, 5.74) is 6.44. The van der Waals surface area contributed by atoms with Crippen molar-refractivity contribution in [2.45, 2.75) is 25.8 Å². The molecule has 112 valence electrons. The molecule has 0 radical (unpaired) electrons. The Labute approximate surface area is 126 Å². The van der Waals surface area contributed by atoms with Gasteiger partial charge in [-0.3, -0.25) is 4.79 Å². The van der Waals surface area contributed by atoms with Crippen LogP contribution < -0.4 is 10.5 Å². The minimum atomic E-state index is 0. The number of benzene rings is 1.